The smallest absolute Gasteiger partial charge is 0.214 e. The summed E-state index contributed by atoms with van der Waals surface area (Å²) in [6.45, 7) is 0.482. The highest BCUT2D eigenvalue weighted by atomic mass is 32.1. The molecule has 0 spiro atoms. The number of nitrogens with zero attached hydrogens (tertiary/aromatic N) is 3. The Bertz CT molecular complexity index is 622. The molecule has 18 heavy (non-hydrogen) atoms. The number of H-pyrrole nitrogens is 1. The number of aromatic hydroxyl groups is 1. The average Bonchev–Trinajstić information content (AvgIpc) is 2.73. The van der Waals surface area contributed by atoms with Gasteiger partial charge in [-0.05, 0) is 36.5 Å². The molecule has 1 aromatic heterocycles. The zero-order valence-electron chi connectivity index (χ0n) is 9.42. The van der Waals surface area contributed by atoms with Crippen molar-refractivity contribution in [3.05, 3.63) is 29.0 Å². The molecule has 6 nitrogen and oxygen atoms in total. The van der Waals surface area contributed by atoms with E-state index in [4.69, 9.17) is 17.5 Å². The van der Waals surface area contributed by atoms with Crippen LogP contribution in [0.25, 0.3) is 11.4 Å². The van der Waals surface area contributed by atoms with Gasteiger partial charge in [-0.15, -0.1) is 0 Å². The Balaban J connectivity index is 2.31. The van der Waals surface area contributed by atoms with E-state index < -0.39 is 0 Å². The number of aromatic amines is 1. The van der Waals surface area contributed by atoms with Crippen molar-refractivity contribution in [2.45, 2.75) is 6.42 Å². The Hall–Kier alpha value is -2.33. The molecule has 3 N–H and O–H groups in total. The molecule has 0 fully saturated rings. The fourth-order valence-corrected chi connectivity index (χ4v) is 1.67. The molecular formula is C11H11N5OS. The van der Waals surface area contributed by atoms with Gasteiger partial charge in [-0.1, -0.05) is 0 Å². The molecule has 0 aliphatic carbocycles. The molecule has 0 saturated heterocycles. The molecule has 0 saturated carbocycles. The lowest BCUT2D eigenvalue weighted by Gasteiger charge is -2.08. The van der Waals surface area contributed by atoms with E-state index >= 15 is 0 Å². The first kappa shape index (κ1) is 12.1. The van der Waals surface area contributed by atoms with E-state index in [0.717, 1.165) is 5.56 Å². The maximum atomic E-state index is 9.24. The van der Waals surface area contributed by atoms with E-state index in [2.05, 4.69) is 15.6 Å². The molecule has 0 amide bonds. The predicted octanol–water partition coefficient (Wildman–Crippen LogP) is 1.77. The quantitative estimate of drug-likeness (QED) is 0.576. The second kappa shape index (κ2) is 5.33. The molecule has 0 aliphatic rings. The fraction of sp³-hybridized carbons (Fsp3) is 0.182. The summed E-state index contributed by atoms with van der Waals surface area (Å²) >= 11 is 5.10. The number of nitriles is 1. The third kappa shape index (κ3) is 2.49. The molecule has 1 aromatic carbocycles. The average molecular weight is 261 g/mol. The van der Waals surface area contributed by atoms with Crippen LogP contribution in [0.15, 0.2) is 24.3 Å². The minimum absolute atomic E-state index is 0.192. The summed E-state index contributed by atoms with van der Waals surface area (Å²) in [6, 6.07) is 8.67. The first-order valence-electron chi connectivity index (χ1n) is 5.30. The standard InChI is InChI=1S/C11H11N5OS/c12-6-1-7-13-16-10(14-15-11(16)18)8-2-4-9(17)5-3-8/h2-5,13,17H,1,7H2,(H,15,18). The summed E-state index contributed by atoms with van der Waals surface area (Å²) in [7, 11) is 0. The number of phenolic OH excluding ortho intramolecular Hbond substituents is 1. The van der Waals surface area contributed by atoms with Crippen molar-refractivity contribution in [1.82, 2.24) is 14.9 Å². The van der Waals surface area contributed by atoms with Crippen LogP contribution in [-0.4, -0.2) is 26.5 Å². The van der Waals surface area contributed by atoms with E-state index in [1.54, 1.807) is 28.9 Å². The lowest BCUT2D eigenvalue weighted by atomic mass is 10.2. The zero-order chi connectivity index (χ0) is 13.0. The topological polar surface area (TPSA) is 89.7 Å². The Morgan fingerprint density at radius 1 is 1.44 bits per heavy atom. The van der Waals surface area contributed by atoms with Crippen molar-refractivity contribution >= 4 is 12.2 Å². The Labute approximate surface area is 108 Å². The zero-order valence-corrected chi connectivity index (χ0v) is 10.2. The number of hydrogen-bond donors (Lipinski definition) is 3. The van der Waals surface area contributed by atoms with Gasteiger partial charge >= 0.3 is 0 Å². The van der Waals surface area contributed by atoms with Crippen molar-refractivity contribution in [3.8, 4) is 23.2 Å². The highest BCUT2D eigenvalue weighted by Gasteiger charge is 2.08. The van der Waals surface area contributed by atoms with Gasteiger partial charge in [0, 0.05) is 12.1 Å². The number of rotatable bonds is 4. The summed E-state index contributed by atoms with van der Waals surface area (Å²) in [5.74, 6) is 0.801. The number of hydrogen-bond acceptors (Lipinski definition) is 5. The SMILES string of the molecule is N#CCCNn1c(-c2ccc(O)cc2)n[nH]c1=S. The van der Waals surface area contributed by atoms with E-state index in [-0.39, 0.29) is 5.75 Å². The van der Waals surface area contributed by atoms with Gasteiger partial charge in [-0.2, -0.15) is 10.4 Å². The van der Waals surface area contributed by atoms with Crippen LogP contribution in [0.5, 0.6) is 5.75 Å². The van der Waals surface area contributed by atoms with Crippen molar-refractivity contribution in [2.75, 3.05) is 12.0 Å². The van der Waals surface area contributed by atoms with E-state index in [9.17, 15) is 5.11 Å². The van der Waals surface area contributed by atoms with Gasteiger partial charge in [0.15, 0.2) is 5.82 Å². The molecule has 0 radical (unpaired) electrons. The highest BCUT2D eigenvalue weighted by Crippen LogP contribution is 2.19. The Kier molecular flexibility index (Phi) is 3.60. The minimum Gasteiger partial charge on any atom is -0.508 e. The van der Waals surface area contributed by atoms with Gasteiger partial charge < -0.3 is 10.5 Å². The van der Waals surface area contributed by atoms with Crippen LogP contribution in [0.4, 0.5) is 0 Å². The molecule has 1 heterocycles. The van der Waals surface area contributed by atoms with Crippen LogP contribution >= 0.6 is 12.2 Å². The first-order chi connectivity index (χ1) is 8.72. The lowest BCUT2D eigenvalue weighted by molar-refractivity contribution is 0.475. The van der Waals surface area contributed by atoms with Gasteiger partial charge in [0.1, 0.15) is 5.75 Å². The Morgan fingerprint density at radius 3 is 2.83 bits per heavy atom. The van der Waals surface area contributed by atoms with E-state index in [1.165, 1.54) is 0 Å². The summed E-state index contributed by atoms with van der Waals surface area (Å²) < 4.78 is 2.04. The van der Waals surface area contributed by atoms with E-state index in [0.29, 0.717) is 23.6 Å². The molecule has 0 atom stereocenters. The Morgan fingerprint density at radius 2 is 2.17 bits per heavy atom. The van der Waals surface area contributed by atoms with Crippen LogP contribution in [-0.2, 0) is 0 Å². The van der Waals surface area contributed by atoms with Gasteiger partial charge in [0.05, 0.1) is 12.5 Å². The number of phenols is 1. The maximum Gasteiger partial charge on any atom is 0.214 e. The van der Waals surface area contributed by atoms with Crippen LogP contribution in [0, 0.1) is 16.1 Å². The summed E-state index contributed by atoms with van der Waals surface area (Å²) in [5.41, 5.74) is 3.82. The third-order valence-corrected chi connectivity index (χ3v) is 2.58. The molecular weight excluding hydrogens is 250 g/mol. The number of nitrogens with one attached hydrogen (secondary N) is 2. The normalized spacial score (nSPS) is 9.94. The summed E-state index contributed by atoms with van der Waals surface area (Å²) in [4.78, 5) is 0. The van der Waals surface area contributed by atoms with Crippen molar-refractivity contribution in [3.63, 3.8) is 0 Å². The van der Waals surface area contributed by atoms with Crippen LogP contribution in [0.1, 0.15) is 6.42 Å². The first-order valence-corrected chi connectivity index (χ1v) is 5.71. The molecule has 7 heteroatoms. The molecule has 0 bridgehead atoms. The van der Waals surface area contributed by atoms with Crippen LogP contribution in [0.3, 0.4) is 0 Å². The predicted molar refractivity (Wildman–Crippen MR) is 69.0 cm³/mol. The van der Waals surface area contributed by atoms with Crippen molar-refractivity contribution in [2.24, 2.45) is 0 Å². The molecule has 0 aliphatic heterocycles. The lowest BCUT2D eigenvalue weighted by Crippen LogP contribution is -2.17. The second-order valence-electron chi connectivity index (χ2n) is 3.55. The van der Waals surface area contributed by atoms with Gasteiger partial charge in [-0.3, -0.25) is 0 Å². The number of benzene rings is 1. The fourth-order valence-electron chi connectivity index (χ4n) is 1.47. The molecule has 92 valence electrons. The third-order valence-electron chi connectivity index (χ3n) is 2.30. The van der Waals surface area contributed by atoms with Gasteiger partial charge in [-0.25, -0.2) is 9.77 Å². The monoisotopic (exact) mass is 261 g/mol. The summed E-state index contributed by atoms with van der Waals surface area (Å²) in [5, 5.41) is 24.5. The second-order valence-corrected chi connectivity index (χ2v) is 3.94. The van der Waals surface area contributed by atoms with Crippen LogP contribution in [0.2, 0.25) is 0 Å². The van der Waals surface area contributed by atoms with E-state index in [1.807, 2.05) is 6.07 Å². The van der Waals surface area contributed by atoms with Gasteiger partial charge in [0.25, 0.3) is 0 Å². The molecule has 2 rings (SSSR count). The molecule has 2 aromatic rings. The van der Waals surface area contributed by atoms with Crippen molar-refractivity contribution < 1.29 is 5.11 Å². The highest BCUT2D eigenvalue weighted by molar-refractivity contribution is 7.71. The van der Waals surface area contributed by atoms with Crippen LogP contribution < -0.4 is 5.43 Å². The van der Waals surface area contributed by atoms with Gasteiger partial charge in [0.2, 0.25) is 4.77 Å². The molecule has 0 unspecified atom stereocenters. The minimum atomic E-state index is 0.192. The van der Waals surface area contributed by atoms with Crippen molar-refractivity contribution in [1.29, 1.82) is 5.26 Å². The summed E-state index contributed by atoms with van der Waals surface area (Å²) in [6.07, 6.45) is 0.377. The number of aromatic nitrogens is 3. The maximum absolute atomic E-state index is 9.24. The largest absolute Gasteiger partial charge is 0.508 e.